The summed E-state index contributed by atoms with van der Waals surface area (Å²) in [6.07, 6.45) is 2.93. The van der Waals surface area contributed by atoms with E-state index in [1.54, 1.807) is 0 Å². The van der Waals surface area contributed by atoms with E-state index >= 15 is 0 Å². The number of furan rings is 1. The molecule has 1 heterocycles. The van der Waals surface area contributed by atoms with E-state index in [9.17, 15) is 0 Å². The van der Waals surface area contributed by atoms with E-state index in [1.165, 1.54) is 0 Å². The van der Waals surface area contributed by atoms with Crippen LogP contribution >= 0.6 is 0 Å². The molecule has 2 aromatic rings. The van der Waals surface area contributed by atoms with Crippen LogP contribution in [-0.2, 0) is 6.54 Å². The smallest absolute Gasteiger partial charge is 0.175 e. The molecule has 2 heteroatoms. The van der Waals surface area contributed by atoms with Crippen molar-refractivity contribution in [3.63, 3.8) is 0 Å². The standard InChI is InChI=1S/C11H12NO/c1-12(2)7-9-8-13-11-6-4-3-5-10(9)11/h3-6H,7H2,1-2H3. The molecule has 0 saturated heterocycles. The zero-order chi connectivity index (χ0) is 9.26. The second-order valence-electron chi connectivity index (χ2n) is 3.42. The monoisotopic (exact) mass is 174 g/mol. The van der Waals surface area contributed by atoms with Crippen molar-refractivity contribution in [2.24, 2.45) is 0 Å². The Bertz CT molecular complexity index is 403. The zero-order valence-electron chi connectivity index (χ0n) is 7.87. The van der Waals surface area contributed by atoms with Crippen molar-refractivity contribution in [2.75, 3.05) is 14.1 Å². The highest BCUT2D eigenvalue weighted by atomic mass is 16.3. The first kappa shape index (κ1) is 8.32. The predicted molar refractivity (Wildman–Crippen MR) is 52.4 cm³/mol. The van der Waals surface area contributed by atoms with Gasteiger partial charge < -0.3 is 9.32 Å². The minimum atomic E-state index is 0.872. The number of hydrogen-bond donors (Lipinski definition) is 0. The minimum Gasteiger partial charge on any atom is -0.452 e. The molecule has 0 N–H and O–H groups in total. The van der Waals surface area contributed by atoms with Crippen molar-refractivity contribution in [3.05, 3.63) is 36.1 Å². The van der Waals surface area contributed by atoms with E-state index in [1.807, 2.05) is 32.3 Å². The lowest BCUT2D eigenvalue weighted by Gasteiger charge is -2.06. The molecule has 0 atom stereocenters. The summed E-state index contributed by atoms with van der Waals surface area (Å²) < 4.78 is 5.30. The second-order valence-corrected chi connectivity index (χ2v) is 3.42. The lowest BCUT2D eigenvalue weighted by atomic mass is 10.2. The molecular weight excluding hydrogens is 162 g/mol. The highest BCUT2D eigenvalue weighted by molar-refractivity contribution is 5.80. The molecular formula is C11H12NO. The third-order valence-corrected chi connectivity index (χ3v) is 1.97. The Hall–Kier alpha value is -1.28. The highest BCUT2D eigenvalue weighted by Gasteiger charge is 2.05. The van der Waals surface area contributed by atoms with E-state index in [2.05, 4.69) is 17.2 Å². The summed E-state index contributed by atoms with van der Waals surface area (Å²) in [7, 11) is 4.07. The molecule has 67 valence electrons. The molecule has 13 heavy (non-hydrogen) atoms. The molecule has 0 spiro atoms. The average molecular weight is 174 g/mol. The fraction of sp³-hybridized carbons (Fsp3) is 0.273. The third-order valence-electron chi connectivity index (χ3n) is 1.97. The van der Waals surface area contributed by atoms with Crippen LogP contribution in [0.3, 0.4) is 0 Å². The molecule has 2 rings (SSSR count). The lowest BCUT2D eigenvalue weighted by molar-refractivity contribution is 0.400. The predicted octanol–water partition coefficient (Wildman–Crippen LogP) is 2.29. The van der Waals surface area contributed by atoms with Gasteiger partial charge in [-0.15, -0.1) is 0 Å². The van der Waals surface area contributed by atoms with Crippen LogP contribution in [0.4, 0.5) is 0 Å². The maximum atomic E-state index is 5.30. The van der Waals surface area contributed by atoms with Crippen LogP contribution in [0, 0.1) is 6.26 Å². The van der Waals surface area contributed by atoms with Crippen LogP contribution in [0.2, 0.25) is 0 Å². The zero-order valence-corrected chi connectivity index (χ0v) is 7.87. The Balaban J connectivity index is 2.46. The molecule has 1 radical (unpaired) electrons. The molecule has 0 aliphatic heterocycles. The SMILES string of the molecule is CN(C)Cc1[c]oc2ccccc12. The summed E-state index contributed by atoms with van der Waals surface area (Å²) in [6, 6.07) is 8.02. The Morgan fingerprint density at radius 1 is 1.31 bits per heavy atom. The normalized spacial score (nSPS) is 11.3. The maximum Gasteiger partial charge on any atom is 0.175 e. The van der Waals surface area contributed by atoms with Gasteiger partial charge in [-0.25, -0.2) is 0 Å². The van der Waals surface area contributed by atoms with Gasteiger partial charge >= 0.3 is 0 Å². The van der Waals surface area contributed by atoms with Gasteiger partial charge in [-0.2, -0.15) is 0 Å². The largest absolute Gasteiger partial charge is 0.452 e. The van der Waals surface area contributed by atoms with Crippen LogP contribution in [0.15, 0.2) is 28.7 Å². The van der Waals surface area contributed by atoms with E-state index in [0.717, 1.165) is 23.1 Å². The van der Waals surface area contributed by atoms with Gasteiger partial charge in [0.25, 0.3) is 0 Å². The van der Waals surface area contributed by atoms with Crippen LogP contribution in [-0.4, -0.2) is 19.0 Å². The molecule has 0 bridgehead atoms. The van der Waals surface area contributed by atoms with Crippen molar-refractivity contribution in [2.45, 2.75) is 6.54 Å². The summed E-state index contributed by atoms with van der Waals surface area (Å²) in [5.74, 6) is 0. The fourth-order valence-corrected chi connectivity index (χ4v) is 1.41. The molecule has 0 aliphatic rings. The number of rotatable bonds is 2. The van der Waals surface area contributed by atoms with E-state index in [4.69, 9.17) is 4.42 Å². The van der Waals surface area contributed by atoms with Gasteiger partial charge in [0, 0.05) is 17.5 Å². The number of benzene rings is 1. The average Bonchev–Trinajstić information content (AvgIpc) is 2.48. The molecule has 2 nitrogen and oxygen atoms in total. The minimum absolute atomic E-state index is 0.872. The summed E-state index contributed by atoms with van der Waals surface area (Å²) >= 11 is 0. The van der Waals surface area contributed by atoms with Crippen LogP contribution < -0.4 is 0 Å². The molecule has 1 aromatic heterocycles. The first-order chi connectivity index (χ1) is 6.27. The molecule has 1 aromatic carbocycles. The van der Waals surface area contributed by atoms with Crippen molar-refractivity contribution < 1.29 is 4.42 Å². The van der Waals surface area contributed by atoms with Gasteiger partial charge in [0.05, 0.1) is 0 Å². The van der Waals surface area contributed by atoms with Crippen LogP contribution in [0.25, 0.3) is 11.0 Å². The van der Waals surface area contributed by atoms with Crippen molar-refractivity contribution >= 4 is 11.0 Å². The van der Waals surface area contributed by atoms with E-state index in [0.29, 0.717) is 0 Å². The third kappa shape index (κ3) is 1.58. The van der Waals surface area contributed by atoms with Crippen LogP contribution in [0.5, 0.6) is 0 Å². The van der Waals surface area contributed by atoms with Gasteiger partial charge in [-0.05, 0) is 20.2 Å². The molecule has 0 saturated carbocycles. The number of fused-ring (bicyclic) bond motifs is 1. The van der Waals surface area contributed by atoms with Gasteiger partial charge in [0.2, 0.25) is 0 Å². The molecule has 0 fully saturated rings. The second kappa shape index (κ2) is 3.23. The first-order valence-electron chi connectivity index (χ1n) is 4.30. The van der Waals surface area contributed by atoms with Gasteiger partial charge in [-0.1, -0.05) is 18.2 Å². The molecule has 0 amide bonds. The van der Waals surface area contributed by atoms with Crippen molar-refractivity contribution in [1.82, 2.24) is 4.90 Å². The van der Waals surface area contributed by atoms with E-state index in [-0.39, 0.29) is 0 Å². The number of hydrogen-bond acceptors (Lipinski definition) is 2. The van der Waals surface area contributed by atoms with Gasteiger partial charge in [0.1, 0.15) is 5.58 Å². The maximum absolute atomic E-state index is 5.30. The van der Waals surface area contributed by atoms with Gasteiger partial charge in [-0.3, -0.25) is 0 Å². The Morgan fingerprint density at radius 2 is 2.08 bits per heavy atom. The summed E-state index contributed by atoms with van der Waals surface area (Å²) in [6.45, 7) is 0.872. The summed E-state index contributed by atoms with van der Waals surface area (Å²) in [4.78, 5) is 2.10. The fourth-order valence-electron chi connectivity index (χ4n) is 1.41. The quantitative estimate of drug-likeness (QED) is 0.694. The lowest BCUT2D eigenvalue weighted by Crippen LogP contribution is -2.10. The first-order valence-corrected chi connectivity index (χ1v) is 4.30. The molecule has 0 aliphatic carbocycles. The Labute approximate surface area is 77.8 Å². The summed E-state index contributed by atoms with van der Waals surface area (Å²) in [5, 5.41) is 1.16. The van der Waals surface area contributed by atoms with Crippen LogP contribution in [0.1, 0.15) is 5.56 Å². The van der Waals surface area contributed by atoms with Crippen molar-refractivity contribution in [1.29, 1.82) is 0 Å². The topological polar surface area (TPSA) is 16.4 Å². The summed E-state index contributed by atoms with van der Waals surface area (Å²) in [5.41, 5.74) is 2.04. The van der Waals surface area contributed by atoms with Gasteiger partial charge in [0.15, 0.2) is 6.26 Å². The Morgan fingerprint density at radius 3 is 2.85 bits per heavy atom. The number of nitrogens with zero attached hydrogens (tertiary/aromatic N) is 1. The van der Waals surface area contributed by atoms with E-state index < -0.39 is 0 Å². The molecule has 0 unspecified atom stereocenters. The number of para-hydroxylation sites is 1. The van der Waals surface area contributed by atoms with Crippen molar-refractivity contribution in [3.8, 4) is 0 Å². The highest BCUT2D eigenvalue weighted by Crippen LogP contribution is 2.20. The Kier molecular flexibility index (Phi) is 2.07.